The standard InChI is InChI=1S/C17H29NO/c1-7-18-16(12(2)3)9-8-15-14(5)10-13(4)11-17(15)19-6/h10-12,16,18H,7-9H2,1-6H3. The van der Waals surface area contributed by atoms with E-state index in [-0.39, 0.29) is 0 Å². The first kappa shape index (κ1) is 16.0. The van der Waals surface area contributed by atoms with Crippen LogP contribution < -0.4 is 10.1 Å². The van der Waals surface area contributed by atoms with Gasteiger partial charge in [-0.3, -0.25) is 0 Å². The smallest absolute Gasteiger partial charge is 0.122 e. The van der Waals surface area contributed by atoms with Crippen LogP contribution in [0.5, 0.6) is 5.75 Å². The summed E-state index contributed by atoms with van der Waals surface area (Å²) in [5.74, 6) is 1.70. The maximum absolute atomic E-state index is 5.54. The van der Waals surface area contributed by atoms with Crippen LogP contribution in [0.25, 0.3) is 0 Å². The summed E-state index contributed by atoms with van der Waals surface area (Å²) < 4.78 is 5.54. The number of aryl methyl sites for hydroxylation is 2. The lowest BCUT2D eigenvalue weighted by atomic mass is 9.93. The van der Waals surface area contributed by atoms with Crippen LogP contribution in [0.15, 0.2) is 12.1 Å². The van der Waals surface area contributed by atoms with Crippen molar-refractivity contribution in [3.63, 3.8) is 0 Å². The average Bonchev–Trinajstić information content (AvgIpc) is 2.35. The number of hydrogen-bond acceptors (Lipinski definition) is 2. The lowest BCUT2D eigenvalue weighted by Crippen LogP contribution is -2.34. The monoisotopic (exact) mass is 263 g/mol. The molecule has 2 heteroatoms. The molecule has 108 valence electrons. The van der Waals surface area contributed by atoms with E-state index in [0.29, 0.717) is 12.0 Å². The summed E-state index contributed by atoms with van der Waals surface area (Å²) in [5, 5.41) is 3.58. The topological polar surface area (TPSA) is 21.3 Å². The number of nitrogens with one attached hydrogen (secondary N) is 1. The fourth-order valence-corrected chi connectivity index (χ4v) is 2.69. The summed E-state index contributed by atoms with van der Waals surface area (Å²) >= 11 is 0. The SMILES string of the molecule is CCNC(CCc1c(C)cc(C)cc1OC)C(C)C. The second-order valence-electron chi connectivity index (χ2n) is 5.71. The van der Waals surface area contributed by atoms with Gasteiger partial charge >= 0.3 is 0 Å². The second kappa shape index (κ2) is 7.54. The van der Waals surface area contributed by atoms with E-state index >= 15 is 0 Å². The molecule has 0 fully saturated rings. The molecule has 19 heavy (non-hydrogen) atoms. The molecule has 0 aliphatic rings. The van der Waals surface area contributed by atoms with E-state index in [4.69, 9.17) is 4.74 Å². The fraction of sp³-hybridized carbons (Fsp3) is 0.647. The van der Waals surface area contributed by atoms with Crippen molar-refractivity contribution in [1.82, 2.24) is 5.32 Å². The van der Waals surface area contributed by atoms with Gasteiger partial charge in [0.2, 0.25) is 0 Å². The van der Waals surface area contributed by atoms with E-state index in [1.807, 2.05) is 0 Å². The van der Waals surface area contributed by atoms with Gasteiger partial charge in [-0.05, 0) is 61.9 Å². The van der Waals surface area contributed by atoms with Gasteiger partial charge in [-0.1, -0.05) is 26.8 Å². The van der Waals surface area contributed by atoms with Crippen molar-refractivity contribution >= 4 is 0 Å². The summed E-state index contributed by atoms with van der Waals surface area (Å²) in [7, 11) is 1.77. The van der Waals surface area contributed by atoms with Gasteiger partial charge in [-0.15, -0.1) is 0 Å². The molecule has 1 aromatic carbocycles. The predicted molar refractivity (Wildman–Crippen MR) is 83.1 cm³/mol. The lowest BCUT2D eigenvalue weighted by molar-refractivity contribution is 0.377. The van der Waals surface area contributed by atoms with Gasteiger partial charge in [0, 0.05) is 6.04 Å². The summed E-state index contributed by atoms with van der Waals surface area (Å²) in [6.45, 7) is 12.1. The molecule has 1 N–H and O–H groups in total. The third-order valence-corrected chi connectivity index (χ3v) is 3.77. The quantitative estimate of drug-likeness (QED) is 0.806. The van der Waals surface area contributed by atoms with Crippen molar-refractivity contribution in [1.29, 1.82) is 0 Å². The van der Waals surface area contributed by atoms with E-state index in [0.717, 1.165) is 25.1 Å². The first-order valence-electron chi connectivity index (χ1n) is 7.37. The highest BCUT2D eigenvalue weighted by Crippen LogP contribution is 2.26. The Labute approximate surface area is 118 Å². The number of hydrogen-bond donors (Lipinski definition) is 1. The highest BCUT2D eigenvalue weighted by atomic mass is 16.5. The van der Waals surface area contributed by atoms with Crippen LogP contribution in [0.3, 0.4) is 0 Å². The minimum atomic E-state index is 0.579. The Morgan fingerprint density at radius 3 is 2.42 bits per heavy atom. The molecule has 0 aromatic heterocycles. The Bertz CT molecular complexity index is 398. The zero-order valence-corrected chi connectivity index (χ0v) is 13.3. The molecule has 0 aliphatic carbocycles. The van der Waals surface area contributed by atoms with Crippen LogP contribution in [0.1, 0.15) is 43.9 Å². The molecule has 0 radical (unpaired) electrons. The molecule has 0 saturated heterocycles. The minimum absolute atomic E-state index is 0.579. The van der Waals surface area contributed by atoms with E-state index in [1.54, 1.807) is 7.11 Å². The highest BCUT2D eigenvalue weighted by molar-refractivity contribution is 5.43. The van der Waals surface area contributed by atoms with Crippen molar-refractivity contribution in [3.8, 4) is 5.75 Å². The molecule has 0 aliphatic heterocycles. The van der Waals surface area contributed by atoms with Gasteiger partial charge in [0.25, 0.3) is 0 Å². The van der Waals surface area contributed by atoms with Crippen molar-refractivity contribution < 1.29 is 4.74 Å². The van der Waals surface area contributed by atoms with Crippen LogP contribution in [0, 0.1) is 19.8 Å². The molecule has 1 unspecified atom stereocenters. The van der Waals surface area contributed by atoms with Gasteiger partial charge in [0.15, 0.2) is 0 Å². The van der Waals surface area contributed by atoms with E-state index in [9.17, 15) is 0 Å². The maximum atomic E-state index is 5.54. The van der Waals surface area contributed by atoms with E-state index < -0.39 is 0 Å². The summed E-state index contributed by atoms with van der Waals surface area (Å²) in [6.07, 6.45) is 2.23. The number of ether oxygens (including phenoxy) is 1. The lowest BCUT2D eigenvalue weighted by Gasteiger charge is -2.23. The maximum Gasteiger partial charge on any atom is 0.122 e. The van der Waals surface area contributed by atoms with E-state index in [2.05, 4.69) is 52.1 Å². The largest absolute Gasteiger partial charge is 0.496 e. The minimum Gasteiger partial charge on any atom is -0.496 e. The molecule has 0 spiro atoms. The van der Waals surface area contributed by atoms with Crippen LogP contribution >= 0.6 is 0 Å². The Morgan fingerprint density at radius 1 is 1.21 bits per heavy atom. The first-order chi connectivity index (χ1) is 8.99. The molecule has 2 nitrogen and oxygen atoms in total. The number of methoxy groups -OCH3 is 1. The molecule has 1 atom stereocenters. The number of rotatable bonds is 7. The molecule has 0 heterocycles. The molecule has 0 bridgehead atoms. The normalized spacial score (nSPS) is 12.8. The molecule has 0 amide bonds. The average molecular weight is 263 g/mol. The molecule has 1 aromatic rings. The van der Waals surface area contributed by atoms with Crippen LogP contribution in [0.4, 0.5) is 0 Å². The van der Waals surface area contributed by atoms with Crippen molar-refractivity contribution in [2.75, 3.05) is 13.7 Å². The predicted octanol–water partition coefficient (Wildman–Crippen LogP) is 3.88. The molecular formula is C17H29NO. The summed E-state index contributed by atoms with van der Waals surface area (Å²) in [6, 6.07) is 4.96. The molecule has 1 rings (SSSR count). The summed E-state index contributed by atoms with van der Waals surface area (Å²) in [5.41, 5.74) is 3.97. The van der Waals surface area contributed by atoms with Gasteiger partial charge < -0.3 is 10.1 Å². The Hall–Kier alpha value is -1.02. The van der Waals surface area contributed by atoms with Gasteiger partial charge in [-0.25, -0.2) is 0 Å². The Balaban J connectivity index is 2.81. The number of benzene rings is 1. The van der Waals surface area contributed by atoms with Gasteiger partial charge in [0.1, 0.15) is 5.75 Å². The van der Waals surface area contributed by atoms with Crippen LogP contribution in [-0.4, -0.2) is 19.7 Å². The zero-order chi connectivity index (χ0) is 14.4. The van der Waals surface area contributed by atoms with Crippen LogP contribution in [0.2, 0.25) is 0 Å². The van der Waals surface area contributed by atoms with Crippen molar-refractivity contribution in [3.05, 3.63) is 28.8 Å². The van der Waals surface area contributed by atoms with Crippen LogP contribution in [-0.2, 0) is 6.42 Å². The molecular weight excluding hydrogens is 234 g/mol. The molecule has 0 saturated carbocycles. The highest BCUT2D eigenvalue weighted by Gasteiger charge is 2.14. The van der Waals surface area contributed by atoms with Gasteiger partial charge in [0.05, 0.1) is 7.11 Å². The third kappa shape index (κ3) is 4.54. The zero-order valence-electron chi connectivity index (χ0n) is 13.3. The Kier molecular flexibility index (Phi) is 6.36. The Morgan fingerprint density at radius 2 is 1.89 bits per heavy atom. The first-order valence-corrected chi connectivity index (χ1v) is 7.37. The van der Waals surface area contributed by atoms with Crippen molar-refractivity contribution in [2.24, 2.45) is 5.92 Å². The van der Waals surface area contributed by atoms with Gasteiger partial charge in [-0.2, -0.15) is 0 Å². The van der Waals surface area contributed by atoms with Crippen molar-refractivity contribution in [2.45, 2.75) is 53.5 Å². The van der Waals surface area contributed by atoms with E-state index in [1.165, 1.54) is 16.7 Å². The second-order valence-corrected chi connectivity index (χ2v) is 5.71. The fourth-order valence-electron chi connectivity index (χ4n) is 2.69. The third-order valence-electron chi connectivity index (χ3n) is 3.77. The summed E-state index contributed by atoms with van der Waals surface area (Å²) in [4.78, 5) is 0.